The van der Waals surface area contributed by atoms with Crippen molar-refractivity contribution in [1.29, 1.82) is 0 Å². The summed E-state index contributed by atoms with van der Waals surface area (Å²) in [7, 11) is 0. The van der Waals surface area contributed by atoms with Gasteiger partial charge in [-0.2, -0.15) is 0 Å². The van der Waals surface area contributed by atoms with Gasteiger partial charge >= 0.3 is 0 Å². The number of rotatable bonds is 6. The third-order valence-corrected chi connectivity index (χ3v) is 6.98. The number of hydrogen-bond donors (Lipinski definition) is 0. The summed E-state index contributed by atoms with van der Waals surface area (Å²) in [5, 5.41) is 0. The van der Waals surface area contributed by atoms with Crippen molar-refractivity contribution in [2.24, 2.45) is 0 Å². The normalized spacial score (nSPS) is 10.9. The van der Waals surface area contributed by atoms with Crippen LogP contribution in [0.3, 0.4) is 0 Å². The van der Waals surface area contributed by atoms with Crippen molar-refractivity contribution < 1.29 is 0 Å². The molecule has 0 saturated carbocycles. The Morgan fingerprint density at radius 3 is 0.833 bits per heavy atom. The third-order valence-electron chi connectivity index (χ3n) is 6.98. The largest absolute Gasteiger partial charge is 0.256 e. The Morgan fingerprint density at radius 2 is 0.548 bits per heavy atom. The molecule has 6 heteroatoms. The van der Waals surface area contributed by atoms with Crippen molar-refractivity contribution in [3.63, 3.8) is 0 Å². The maximum Gasteiger partial charge on any atom is 0.0709 e. The van der Waals surface area contributed by atoms with Crippen molar-refractivity contribution in [2.45, 2.75) is 0 Å². The summed E-state index contributed by atoms with van der Waals surface area (Å²) in [6, 6.07) is 36.2. The average molecular weight is 541 g/mol. The first kappa shape index (κ1) is 25.1. The van der Waals surface area contributed by atoms with E-state index in [4.69, 9.17) is 15.0 Å². The van der Waals surface area contributed by atoms with Crippen LogP contribution in [0.25, 0.3) is 67.5 Å². The maximum atomic E-state index is 4.75. The number of pyridine rings is 6. The molecule has 0 fully saturated rings. The molecule has 0 spiro atoms. The fourth-order valence-electron chi connectivity index (χ4n) is 4.92. The Balaban J connectivity index is 1.38. The molecule has 0 radical (unpaired) electrons. The highest BCUT2D eigenvalue weighted by Gasteiger charge is 2.13. The molecule has 0 unspecified atom stereocenters. The summed E-state index contributed by atoms with van der Waals surface area (Å²) in [6.07, 6.45) is 10.9. The van der Waals surface area contributed by atoms with E-state index in [0.717, 1.165) is 67.5 Å². The number of nitrogens with zero attached hydrogens (tertiary/aromatic N) is 6. The van der Waals surface area contributed by atoms with Crippen LogP contribution in [0.15, 0.2) is 146 Å². The van der Waals surface area contributed by atoms with Crippen LogP contribution in [0.2, 0.25) is 0 Å². The van der Waals surface area contributed by atoms with E-state index < -0.39 is 0 Å². The topological polar surface area (TPSA) is 77.3 Å². The van der Waals surface area contributed by atoms with Gasteiger partial charge in [-0.25, -0.2) is 0 Å². The van der Waals surface area contributed by atoms with E-state index in [2.05, 4.69) is 51.4 Å². The molecule has 6 heterocycles. The number of aromatic nitrogens is 6. The molecule has 6 aromatic heterocycles. The number of benzene rings is 1. The molecule has 7 rings (SSSR count). The van der Waals surface area contributed by atoms with E-state index in [1.807, 2.05) is 91.4 Å². The van der Waals surface area contributed by atoms with Crippen LogP contribution in [0.5, 0.6) is 0 Å². The molecule has 7 aromatic rings. The van der Waals surface area contributed by atoms with Gasteiger partial charge in [0.05, 0.1) is 34.2 Å². The van der Waals surface area contributed by atoms with Gasteiger partial charge in [0.1, 0.15) is 0 Å². The Hall–Kier alpha value is -5.88. The summed E-state index contributed by atoms with van der Waals surface area (Å²) >= 11 is 0. The van der Waals surface area contributed by atoms with Gasteiger partial charge in [-0.3, -0.25) is 29.9 Å². The first-order valence-electron chi connectivity index (χ1n) is 13.6. The molecule has 0 bridgehead atoms. The molecule has 1 aromatic carbocycles. The molecule has 0 saturated heterocycles. The summed E-state index contributed by atoms with van der Waals surface area (Å²) < 4.78 is 0. The van der Waals surface area contributed by atoms with Gasteiger partial charge in [0.25, 0.3) is 0 Å². The van der Waals surface area contributed by atoms with Crippen molar-refractivity contribution in [3.05, 3.63) is 146 Å². The predicted octanol–water partition coefficient (Wildman–Crippen LogP) is 8.06. The second-order valence-electron chi connectivity index (χ2n) is 9.73. The first-order valence-corrected chi connectivity index (χ1v) is 13.6. The quantitative estimate of drug-likeness (QED) is 0.212. The molecular weight excluding hydrogens is 516 g/mol. The van der Waals surface area contributed by atoms with Gasteiger partial charge in [-0.1, -0.05) is 18.2 Å². The summed E-state index contributed by atoms with van der Waals surface area (Å²) in [6.45, 7) is 0. The van der Waals surface area contributed by atoms with Gasteiger partial charge < -0.3 is 0 Å². The third kappa shape index (κ3) is 5.29. The first-order chi connectivity index (χ1) is 20.8. The van der Waals surface area contributed by atoms with Crippen LogP contribution in [0, 0.1) is 0 Å². The second-order valence-corrected chi connectivity index (χ2v) is 9.73. The molecule has 0 aliphatic heterocycles. The fraction of sp³-hybridized carbons (Fsp3) is 0. The molecule has 0 aliphatic rings. The Labute approximate surface area is 243 Å². The zero-order valence-electron chi connectivity index (χ0n) is 22.5. The zero-order chi connectivity index (χ0) is 28.1. The van der Waals surface area contributed by atoms with Crippen LogP contribution in [0.4, 0.5) is 0 Å². The smallest absolute Gasteiger partial charge is 0.0709 e. The van der Waals surface area contributed by atoms with Crippen LogP contribution in [0.1, 0.15) is 0 Å². The van der Waals surface area contributed by atoms with Gasteiger partial charge in [-0.15, -0.1) is 0 Å². The Morgan fingerprint density at radius 1 is 0.238 bits per heavy atom. The second kappa shape index (κ2) is 11.3. The minimum atomic E-state index is 0.836. The van der Waals surface area contributed by atoms with Gasteiger partial charge in [0.15, 0.2) is 0 Å². The Bertz CT molecular complexity index is 1730. The van der Waals surface area contributed by atoms with Crippen LogP contribution < -0.4 is 0 Å². The van der Waals surface area contributed by atoms with E-state index in [1.54, 1.807) is 18.6 Å². The van der Waals surface area contributed by atoms with Gasteiger partial charge in [-0.05, 0) is 91.0 Å². The fourth-order valence-corrected chi connectivity index (χ4v) is 4.92. The lowest BCUT2D eigenvalue weighted by Gasteiger charge is -2.12. The van der Waals surface area contributed by atoms with Gasteiger partial charge in [0, 0.05) is 70.6 Å². The molecule has 0 atom stereocenters. The molecular formula is C36H24N6. The highest BCUT2D eigenvalue weighted by atomic mass is 14.7. The average Bonchev–Trinajstić information content (AvgIpc) is 3.09. The predicted molar refractivity (Wildman–Crippen MR) is 166 cm³/mol. The van der Waals surface area contributed by atoms with Crippen molar-refractivity contribution in [2.75, 3.05) is 0 Å². The van der Waals surface area contributed by atoms with Crippen LogP contribution in [-0.2, 0) is 0 Å². The molecule has 0 N–H and O–H groups in total. The highest BCUT2D eigenvalue weighted by Crippen LogP contribution is 2.34. The van der Waals surface area contributed by atoms with E-state index in [0.29, 0.717) is 0 Å². The lowest BCUT2D eigenvalue weighted by atomic mass is 9.96. The van der Waals surface area contributed by atoms with E-state index >= 15 is 0 Å². The van der Waals surface area contributed by atoms with E-state index in [9.17, 15) is 0 Å². The summed E-state index contributed by atoms with van der Waals surface area (Å²) in [5.74, 6) is 0. The Kier molecular flexibility index (Phi) is 6.76. The molecule has 0 amide bonds. The van der Waals surface area contributed by atoms with Crippen LogP contribution in [-0.4, -0.2) is 29.9 Å². The van der Waals surface area contributed by atoms with Crippen molar-refractivity contribution >= 4 is 0 Å². The SMILES string of the molecule is c1ccc(-c2ccnc(-c3cc(-c4cc(-c5ccccn5)ccn4)cc(-c4cc(-c5ccccn5)ccn4)c3)c2)nc1. The molecule has 0 aliphatic carbocycles. The minimum Gasteiger partial charge on any atom is -0.256 e. The van der Waals surface area contributed by atoms with Crippen molar-refractivity contribution in [3.8, 4) is 67.5 Å². The summed E-state index contributed by atoms with van der Waals surface area (Å²) in [5.41, 5.74) is 11.1. The molecule has 6 nitrogen and oxygen atoms in total. The van der Waals surface area contributed by atoms with Gasteiger partial charge in [0.2, 0.25) is 0 Å². The lowest BCUT2D eigenvalue weighted by Crippen LogP contribution is -1.93. The van der Waals surface area contributed by atoms with E-state index in [1.165, 1.54) is 0 Å². The van der Waals surface area contributed by atoms with Crippen LogP contribution >= 0.6 is 0 Å². The summed E-state index contributed by atoms with van der Waals surface area (Å²) in [4.78, 5) is 27.8. The monoisotopic (exact) mass is 540 g/mol. The maximum absolute atomic E-state index is 4.75. The van der Waals surface area contributed by atoms with E-state index in [-0.39, 0.29) is 0 Å². The molecule has 42 heavy (non-hydrogen) atoms. The highest BCUT2D eigenvalue weighted by molar-refractivity contribution is 5.81. The lowest BCUT2D eigenvalue weighted by molar-refractivity contribution is 1.27. The zero-order valence-corrected chi connectivity index (χ0v) is 22.5. The molecule has 198 valence electrons. The number of hydrogen-bond acceptors (Lipinski definition) is 6. The standard InChI is InChI=1S/C36H24N6/c1-4-13-37-31(7-1)25-10-16-40-34(22-25)28-19-29(35-23-26(11-17-41-35)32-8-2-5-14-38-32)21-30(20-28)36-24-27(12-18-42-36)33-9-3-6-15-39-33/h1-24H. The minimum absolute atomic E-state index is 0.836. The van der Waals surface area contributed by atoms with Crippen molar-refractivity contribution in [1.82, 2.24) is 29.9 Å².